The second kappa shape index (κ2) is 7.64. The molecule has 4 aliphatic rings. The van der Waals surface area contributed by atoms with E-state index in [4.69, 9.17) is 5.73 Å². The van der Waals surface area contributed by atoms with E-state index >= 15 is 0 Å². The molecule has 0 spiro atoms. The Balaban J connectivity index is 0.000000980. The minimum atomic E-state index is 0. The number of halogens is 2. The second-order valence-electron chi connectivity index (χ2n) is 8.36. The van der Waals surface area contributed by atoms with Crippen LogP contribution in [-0.2, 0) is 17.9 Å². The van der Waals surface area contributed by atoms with Crippen LogP contribution in [0.3, 0.4) is 0 Å². The lowest BCUT2D eigenvalue weighted by atomic mass is 9.65. The van der Waals surface area contributed by atoms with Gasteiger partial charge in [0.1, 0.15) is 5.82 Å². The molecular weight excluding hydrogens is 373 g/mol. The maximum Gasteiger partial charge on any atom is 0.226 e. The van der Waals surface area contributed by atoms with Crippen LogP contribution in [0.4, 0.5) is 0 Å². The van der Waals surface area contributed by atoms with Gasteiger partial charge in [0.05, 0.1) is 6.54 Å². The number of nitrogens with two attached hydrogens (primary N) is 1. The molecule has 26 heavy (non-hydrogen) atoms. The van der Waals surface area contributed by atoms with E-state index in [1.54, 1.807) is 0 Å². The van der Waals surface area contributed by atoms with Crippen molar-refractivity contribution in [3.63, 3.8) is 0 Å². The molecule has 5 rings (SSSR count). The minimum Gasteiger partial charge on any atom is -0.333 e. The Bertz CT molecular complexity index is 648. The zero-order chi connectivity index (χ0) is 16.3. The Labute approximate surface area is 167 Å². The molecule has 2 unspecified atom stereocenters. The maximum absolute atomic E-state index is 13.1. The summed E-state index contributed by atoms with van der Waals surface area (Å²) in [7, 11) is 0. The molecule has 1 aromatic heterocycles. The van der Waals surface area contributed by atoms with Gasteiger partial charge in [-0.05, 0) is 50.4 Å². The molecule has 3 aliphatic carbocycles. The van der Waals surface area contributed by atoms with Crippen LogP contribution in [0.25, 0.3) is 0 Å². The van der Waals surface area contributed by atoms with Gasteiger partial charge in [-0.1, -0.05) is 6.42 Å². The Morgan fingerprint density at radius 1 is 1.00 bits per heavy atom. The first kappa shape index (κ1) is 19.9. The van der Waals surface area contributed by atoms with Gasteiger partial charge in [-0.25, -0.2) is 0 Å². The Kier molecular flexibility index (Phi) is 5.85. The standard InChI is InChI=1S/C18H27N5O.2ClH/c19-16-12-2-1-3-13(16)9-14(8-12)18(24)22-6-7-23-15(10-22)20-21-17(23)11-4-5-11;;/h11-14,16H,1-10,19H2;2*1H. The van der Waals surface area contributed by atoms with E-state index in [2.05, 4.69) is 14.8 Å². The van der Waals surface area contributed by atoms with Crippen molar-refractivity contribution in [2.45, 2.75) is 70.0 Å². The fraction of sp³-hybridized carbons (Fsp3) is 0.833. The number of carbonyl (C=O) groups is 1. The summed E-state index contributed by atoms with van der Waals surface area (Å²) in [6.07, 6.45) is 8.18. The van der Waals surface area contributed by atoms with Gasteiger partial charge in [-0.3, -0.25) is 4.79 Å². The number of amides is 1. The van der Waals surface area contributed by atoms with Crippen molar-refractivity contribution in [2.24, 2.45) is 23.5 Å². The molecule has 8 heteroatoms. The molecule has 6 nitrogen and oxygen atoms in total. The van der Waals surface area contributed by atoms with E-state index in [1.165, 1.54) is 32.1 Å². The topological polar surface area (TPSA) is 77.0 Å². The van der Waals surface area contributed by atoms with Crippen LogP contribution in [-0.4, -0.2) is 38.2 Å². The van der Waals surface area contributed by atoms with Gasteiger partial charge in [-0.15, -0.1) is 35.0 Å². The van der Waals surface area contributed by atoms with Gasteiger partial charge in [0.25, 0.3) is 0 Å². The Hall–Kier alpha value is -0.850. The highest BCUT2D eigenvalue weighted by molar-refractivity contribution is 5.85. The summed E-state index contributed by atoms with van der Waals surface area (Å²) in [6.45, 7) is 2.30. The fourth-order valence-electron chi connectivity index (χ4n) is 5.26. The molecule has 1 aromatic rings. The number of carbonyl (C=O) groups excluding carboxylic acids is 1. The van der Waals surface area contributed by atoms with Crippen molar-refractivity contribution in [1.29, 1.82) is 0 Å². The minimum absolute atomic E-state index is 0. The average Bonchev–Trinajstić information content (AvgIpc) is 3.33. The van der Waals surface area contributed by atoms with Crippen LogP contribution in [0.5, 0.6) is 0 Å². The van der Waals surface area contributed by atoms with Crippen molar-refractivity contribution in [3.8, 4) is 0 Å². The van der Waals surface area contributed by atoms with Gasteiger partial charge in [0.15, 0.2) is 5.82 Å². The quantitative estimate of drug-likeness (QED) is 0.825. The largest absolute Gasteiger partial charge is 0.333 e. The highest BCUT2D eigenvalue weighted by Crippen LogP contribution is 2.43. The SMILES string of the molecule is Cl.Cl.NC1C2CCCC1CC(C(=O)N1CCn3c(nnc3C3CC3)C1)C2. The van der Waals surface area contributed by atoms with E-state index < -0.39 is 0 Å². The molecule has 1 amide bonds. The van der Waals surface area contributed by atoms with Gasteiger partial charge in [0, 0.05) is 31.0 Å². The Morgan fingerprint density at radius 3 is 2.35 bits per heavy atom. The molecule has 2 N–H and O–H groups in total. The summed E-state index contributed by atoms with van der Waals surface area (Å²) in [5.74, 6) is 4.37. The third kappa shape index (κ3) is 3.36. The van der Waals surface area contributed by atoms with E-state index in [-0.39, 0.29) is 30.7 Å². The van der Waals surface area contributed by atoms with Crippen molar-refractivity contribution < 1.29 is 4.79 Å². The number of nitrogens with zero attached hydrogens (tertiary/aromatic N) is 4. The van der Waals surface area contributed by atoms with Gasteiger partial charge >= 0.3 is 0 Å². The van der Waals surface area contributed by atoms with Crippen molar-refractivity contribution in [1.82, 2.24) is 19.7 Å². The predicted molar refractivity (Wildman–Crippen MR) is 103 cm³/mol. The lowest BCUT2D eigenvalue weighted by molar-refractivity contribution is -0.140. The van der Waals surface area contributed by atoms with Crippen molar-refractivity contribution in [3.05, 3.63) is 11.6 Å². The normalized spacial score (nSPS) is 32.9. The number of aromatic nitrogens is 3. The van der Waals surface area contributed by atoms with Crippen LogP contribution in [0.1, 0.15) is 62.5 Å². The van der Waals surface area contributed by atoms with E-state index in [0.717, 1.165) is 37.6 Å². The molecule has 146 valence electrons. The molecule has 1 aliphatic heterocycles. The number of hydrogen-bond donors (Lipinski definition) is 1. The summed E-state index contributed by atoms with van der Waals surface area (Å²) in [4.78, 5) is 15.1. The summed E-state index contributed by atoms with van der Waals surface area (Å²) in [5, 5.41) is 8.75. The molecule has 0 aromatic carbocycles. The van der Waals surface area contributed by atoms with E-state index in [1.807, 2.05) is 4.90 Å². The average molecular weight is 402 g/mol. The zero-order valence-electron chi connectivity index (χ0n) is 15.0. The lowest BCUT2D eigenvalue weighted by Gasteiger charge is -2.44. The van der Waals surface area contributed by atoms with Gasteiger partial charge < -0.3 is 15.2 Å². The molecule has 0 saturated heterocycles. The van der Waals surface area contributed by atoms with Gasteiger partial charge in [0.2, 0.25) is 5.91 Å². The van der Waals surface area contributed by atoms with Crippen molar-refractivity contribution in [2.75, 3.05) is 6.54 Å². The Morgan fingerprint density at radius 2 is 1.69 bits per heavy atom. The smallest absolute Gasteiger partial charge is 0.226 e. The summed E-state index contributed by atoms with van der Waals surface area (Å²) in [6, 6.07) is 0.327. The molecule has 3 fully saturated rings. The van der Waals surface area contributed by atoms with E-state index in [0.29, 0.717) is 36.2 Å². The zero-order valence-corrected chi connectivity index (χ0v) is 16.7. The van der Waals surface area contributed by atoms with Crippen LogP contribution in [0.2, 0.25) is 0 Å². The summed E-state index contributed by atoms with van der Waals surface area (Å²) < 4.78 is 2.26. The van der Waals surface area contributed by atoms with Crippen LogP contribution in [0.15, 0.2) is 0 Å². The number of rotatable bonds is 2. The van der Waals surface area contributed by atoms with Crippen LogP contribution in [0, 0.1) is 17.8 Å². The fourth-order valence-corrected chi connectivity index (χ4v) is 5.26. The predicted octanol–water partition coefficient (Wildman–Crippen LogP) is 2.49. The molecular formula is C18H29Cl2N5O. The number of fused-ring (bicyclic) bond motifs is 3. The van der Waals surface area contributed by atoms with Gasteiger partial charge in [-0.2, -0.15) is 0 Å². The van der Waals surface area contributed by atoms with Crippen LogP contribution >= 0.6 is 24.8 Å². The summed E-state index contributed by atoms with van der Waals surface area (Å²) in [5.41, 5.74) is 6.38. The molecule has 2 heterocycles. The third-order valence-corrected chi connectivity index (χ3v) is 6.80. The molecule has 2 atom stereocenters. The first-order valence-electron chi connectivity index (χ1n) is 9.67. The second-order valence-corrected chi connectivity index (χ2v) is 8.36. The number of hydrogen-bond acceptors (Lipinski definition) is 4. The van der Waals surface area contributed by atoms with E-state index in [9.17, 15) is 4.79 Å². The highest BCUT2D eigenvalue weighted by atomic mass is 35.5. The summed E-state index contributed by atoms with van der Waals surface area (Å²) >= 11 is 0. The molecule has 0 radical (unpaired) electrons. The molecule has 3 saturated carbocycles. The first-order chi connectivity index (χ1) is 11.7. The third-order valence-electron chi connectivity index (χ3n) is 6.80. The maximum atomic E-state index is 13.1. The monoisotopic (exact) mass is 401 g/mol. The van der Waals surface area contributed by atoms with Crippen molar-refractivity contribution >= 4 is 30.7 Å². The lowest BCUT2D eigenvalue weighted by Crippen LogP contribution is -2.50. The first-order valence-corrected chi connectivity index (χ1v) is 9.67. The highest BCUT2D eigenvalue weighted by Gasteiger charge is 2.42. The molecule has 2 bridgehead atoms. The van der Waals surface area contributed by atoms with Crippen LogP contribution < -0.4 is 5.73 Å².